The summed E-state index contributed by atoms with van der Waals surface area (Å²) in [6.45, 7) is 2.04. The van der Waals surface area contributed by atoms with E-state index in [4.69, 9.17) is 4.74 Å². The van der Waals surface area contributed by atoms with E-state index in [1.54, 1.807) is 6.92 Å². The van der Waals surface area contributed by atoms with Crippen molar-refractivity contribution < 1.29 is 14.9 Å². The fourth-order valence-electron chi connectivity index (χ4n) is 2.52. The fraction of sp³-hybridized carbons (Fsp3) is 0.600. The molecule has 3 heteroatoms. The van der Waals surface area contributed by atoms with Crippen LogP contribution in [0.25, 0.3) is 0 Å². The van der Waals surface area contributed by atoms with Gasteiger partial charge in [-0.1, -0.05) is 37.5 Å². The maximum Gasteiger partial charge on any atom is 0.125 e. The minimum atomic E-state index is -0.690. The third-order valence-electron chi connectivity index (χ3n) is 3.65. The molecule has 0 radical (unpaired) electrons. The molecule has 0 saturated heterocycles. The first-order valence-electron chi connectivity index (χ1n) is 6.73. The summed E-state index contributed by atoms with van der Waals surface area (Å²) in [4.78, 5) is 0. The van der Waals surface area contributed by atoms with Gasteiger partial charge in [0, 0.05) is 5.56 Å². The SMILES string of the molecule is C[C@@H](O)c1ccccc1OCC1(O)CCCCC1. The van der Waals surface area contributed by atoms with Crippen LogP contribution in [0.5, 0.6) is 5.75 Å². The van der Waals surface area contributed by atoms with Crippen LogP contribution >= 0.6 is 0 Å². The summed E-state index contributed by atoms with van der Waals surface area (Å²) >= 11 is 0. The highest BCUT2D eigenvalue weighted by molar-refractivity contribution is 5.34. The van der Waals surface area contributed by atoms with Gasteiger partial charge in [0.25, 0.3) is 0 Å². The van der Waals surface area contributed by atoms with Gasteiger partial charge in [0.2, 0.25) is 0 Å². The summed E-state index contributed by atoms with van der Waals surface area (Å²) in [5, 5.41) is 20.0. The van der Waals surface area contributed by atoms with Crippen LogP contribution < -0.4 is 4.74 Å². The van der Waals surface area contributed by atoms with Gasteiger partial charge >= 0.3 is 0 Å². The van der Waals surface area contributed by atoms with Crippen molar-refractivity contribution in [2.24, 2.45) is 0 Å². The molecule has 1 aromatic rings. The molecule has 0 amide bonds. The molecule has 1 saturated carbocycles. The minimum absolute atomic E-state index is 0.316. The maximum atomic E-state index is 10.4. The number of ether oxygens (including phenoxy) is 1. The molecule has 0 aromatic heterocycles. The Kier molecular flexibility index (Phi) is 4.25. The Bertz CT molecular complexity index is 381. The predicted molar refractivity (Wildman–Crippen MR) is 70.6 cm³/mol. The predicted octanol–water partition coefficient (Wildman–Crippen LogP) is 2.81. The van der Waals surface area contributed by atoms with Crippen LogP contribution in [0, 0.1) is 0 Å². The summed E-state index contributed by atoms with van der Waals surface area (Å²) in [6.07, 6.45) is 4.40. The van der Waals surface area contributed by atoms with Crippen LogP contribution in [-0.4, -0.2) is 22.4 Å². The third kappa shape index (κ3) is 3.24. The molecule has 1 fully saturated rings. The van der Waals surface area contributed by atoms with Crippen LogP contribution in [0.1, 0.15) is 50.7 Å². The Balaban J connectivity index is 2.01. The van der Waals surface area contributed by atoms with Crippen molar-refractivity contribution in [2.45, 2.75) is 50.7 Å². The number of aliphatic hydroxyl groups is 2. The van der Waals surface area contributed by atoms with Crippen molar-refractivity contribution in [2.75, 3.05) is 6.61 Å². The van der Waals surface area contributed by atoms with E-state index in [1.807, 2.05) is 24.3 Å². The van der Waals surface area contributed by atoms with Crippen molar-refractivity contribution in [1.29, 1.82) is 0 Å². The summed E-state index contributed by atoms with van der Waals surface area (Å²) in [7, 11) is 0. The zero-order valence-corrected chi connectivity index (χ0v) is 10.9. The summed E-state index contributed by atoms with van der Waals surface area (Å²) < 4.78 is 5.73. The second kappa shape index (κ2) is 5.72. The lowest BCUT2D eigenvalue weighted by Crippen LogP contribution is -2.38. The van der Waals surface area contributed by atoms with Crippen molar-refractivity contribution >= 4 is 0 Å². The third-order valence-corrected chi connectivity index (χ3v) is 3.65. The van der Waals surface area contributed by atoms with Crippen molar-refractivity contribution in [3.05, 3.63) is 29.8 Å². The monoisotopic (exact) mass is 250 g/mol. The average molecular weight is 250 g/mol. The second-order valence-corrected chi connectivity index (χ2v) is 5.29. The Hall–Kier alpha value is -1.06. The molecule has 3 nitrogen and oxygen atoms in total. The molecule has 18 heavy (non-hydrogen) atoms. The Morgan fingerprint density at radius 3 is 2.56 bits per heavy atom. The number of hydrogen-bond donors (Lipinski definition) is 2. The number of aliphatic hydroxyl groups excluding tert-OH is 1. The number of benzene rings is 1. The smallest absolute Gasteiger partial charge is 0.125 e. The topological polar surface area (TPSA) is 49.7 Å². The van der Waals surface area contributed by atoms with Crippen molar-refractivity contribution in [3.63, 3.8) is 0 Å². The normalized spacial score (nSPS) is 20.4. The molecule has 2 rings (SSSR count). The van der Waals surface area contributed by atoms with E-state index in [9.17, 15) is 10.2 Å². The van der Waals surface area contributed by atoms with E-state index in [2.05, 4.69) is 0 Å². The molecule has 1 aliphatic rings. The van der Waals surface area contributed by atoms with E-state index in [0.29, 0.717) is 12.4 Å². The molecule has 0 spiro atoms. The van der Waals surface area contributed by atoms with Crippen LogP contribution in [0.4, 0.5) is 0 Å². The van der Waals surface area contributed by atoms with Crippen molar-refractivity contribution in [1.82, 2.24) is 0 Å². The Labute approximate surface area is 108 Å². The van der Waals surface area contributed by atoms with Gasteiger partial charge in [0.1, 0.15) is 12.4 Å². The van der Waals surface area contributed by atoms with E-state index in [1.165, 1.54) is 6.42 Å². The molecular formula is C15H22O3. The van der Waals surface area contributed by atoms with Gasteiger partial charge in [-0.05, 0) is 25.8 Å². The lowest BCUT2D eigenvalue weighted by molar-refractivity contribution is -0.0345. The zero-order chi connectivity index (χ0) is 13.0. The number of rotatable bonds is 4. The molecular weight excluding hydrogens is 228 g/mol. The molecule has 0 heterocycles. The summed E-state index contributed by atoms with van der Waals surface area (Å²) in [5.74, 6) is 0.673. The minimum Gasteiger partial charge on any atom is -0.490 e. The zero-order valence-electron chi connectivity index (χ0n) is 10.9. The Morgan fingerprint density at radius 1 is 1.22 bits per heavy atom. The quantitative estimate of drug-likeness (QED) is 0.864. The molecule has 2 N–H and O–H groups in total. The fourth-order valence-corrected chi connectivity index (χ4v) is 2.52. The van der Waals surface area contributed by atoms with Gasteiger partial charge in [-0.3, -0.25) is 0 Å². The highest BCUT2D eigenvalue weighted by atomic mass is 16.5. The molecule has 0 unspecified atom stereocenters. The van der Waals surface area contributed by atoms with E-state index < -0.39 is 11.7 Å². The van der Waals surface area contributed by atoms with Crippen LogP contribution in [-0.2, 0) is 0 Å². The van der Waals surface area contributed by atoms with Gasteiger partial charge in [-0.15, -0.1) is 0 Å². The molecule has 1 aromatic carbocycles. The summed E-state index contributed by atoms with van der Waals surface area (Å²) in [5.41, 5.74) is 0.0845. The van der Waals surface area contributed by atoms with Gasteiger partial charge in [-0.25, -0.2) is 0 Å². The van der Waals surface area contributed by atoms with E-state index in [0.717, 1.165) is 31.2 Å². The van der Waals surface area contributed by atoms with Crippen LogP contribution in [0.15, 0.2) is 24.3 Å². The van der Waals surface area contributed by atoms with Gasteiger partial charge < -0.3 is 14.9 Å². The average Bonchev–Trinajstić information content (AvgIpc) is 2.38. The Morgan fingerprint density at radius 2 is 1.89 bits per heavy atom. The number of hydrogen-bond acceptors (Lipinski definition) is 3. The van der Waals surface area contributed by atoms with E-state index >= 15 is 0 Å². The van der Waals surface area contributed by atoms with Gasteiger partial charge in [-0.2, -0.15) is 0 Å². The van der Waals surface area contributed by atoms with Gasteiger partial charge in [0.15, 0.2) is 0 Å². The van der Waals surface area contributed by atoms with E-state index in [-0.39, 0.29) is 0 Å². The van der Waals surface area contributed by atoms with Gasteiger partial charge in [0.05, 0.1) is 11.7 Å². The maximum absolute atomic E-state index is 10.4. The first-order chi connectivity index (χ1) is 8.61. The van der Waals surface area contributed by atoms with Crippen LogP contribution in [0.2, 0.25) is 0 Å². The van der Waals surface area contributed by atoms with Crippen LogP contribution in [0.3, 0.4) is 0 Å². The standard InChI is InChI=1S/C15H22O3/c1-12(16)13-7-3-4-8-14(13)18-11-15(17)9-5-2-6-10-15/h3-4,7-8,12,16-17H,2,5-6,9-11H2,1H3/t12-/m1/s1. The molecule has 1 aliphatic carbocycles. The van der Waals surface area contributed by atoms with Crippen molar-refractivity contribution in [3.8, 4) is 5.75 Å². The highest BCUT2D eigenvalue weighted by Crippen LogP contribution is 2.30. The summed E-state index contributed by atoms with van der Waals surface area (Å²) in [6, 6.07) is 7.45. The lowest BCUT2D eigenvalue weighted by Gasteiger charge is -2.32. The second-order valence-electron chi connectivity index (χ2n) is 5.29. The number of para-hydroxylation sites is 1. The molecule has 100 valence electrons. The molecule has 0 aliphatic heterocycles. The highest BCUT2D eigenvalue weighted by Gasteiger charge is 2.30. The first kappa shape index (κ1) is 13.4. The first-order valence-corrected chi connectivity index (χ1v) is 6.73. The molecule has 1 atom stereocenters. The lowest BCUT2D eigenvalue weighted by atomic mass is 9.85. The molecule has 0 bridgehead atoms. The largest absolute Gasteiger partial charge is 0.490 e.